The maximum atomic E-state index is 6.10. The lowest BCUT2D eigenvalue weighted by Crippen LogP contribution is -2.02. The maximum absolute atomic E-state index is 6.10. The largest absolute Gasteiger partial charge is 0.492 e. The molecule has 2 nitrogen and oxygen atoms in total. The summed E-state index contributed by atoms with van der Waals surface area (Å²) in [6.07, 6.45) is 9.20. The Labute approximate surface area is 114 Å². The third kappa shape index (κ3) is 2.49. The van der Waals surface area contributed by atoms with Gasteiger partial charge in [-0.1, -0.05) is 44.2 Å². The monoisotopic (exact) mass is 258 g/mol. The molecule has 102 valence electrons. The predicted molar refractivity (Wildman–Crippen MR) is 77.8 cm³/mol. The van der Waals surface area contributed by atoms with Crippen LogP contribution < -0.4 is 4.74 Å². The Balaban J connectivity index is 1.97. The van der Waals surface area contributed by atoms with Crippen LogP contribution in [0.25, 0.3) is 11.0 Å². The van der Waals surface area contributed by atoms with Gasteiger partial charge in [-0.25, -0.2) is 0 Å². The lowest BCUT2D eigenvalue weighted by atomic mass is 9.89. The summed E-state index contributed by atoms with van der Waals surface area (Å²) < 4.78 is 11.7. The van der Waals surface area contributed by atoms with Gasteiger partial charge in [0.25, 0.3) is 0 Å². The normalized spacial score (nSPS) is 18.2. The van der Waals surface area contributed by atoms with Crippen molar-refractivity contribution >= 4 is 11.0 Å². The molecule has 0 aliphatic heterocycles. The molecule has 0 amide bonds. The van der Waals surface area contributed by atoms with E-state index in [0.29, 0.717) is 5.92 Å². The lowest BCUT2D eigenvalue weighted by Gasteiger charge is -2.18. The quantitative estimate of drug-likeness (QED) is 0.732. The molecule has 1 saturated carbocycles. The molecule has 1 aliphatic rings. The average molecular weight is 258 g/mol. The zero-order valence-corrected chi connectivity index (χ0v) is 11.7. The highest BCUT2D eigenvalue weighted by atomic mass is 16.5. The number of fused-ring (bicyclic) bond motifs is 1. The highest BCUT2D eigenvalue weighted by Crippen LogP contribution is 2.41. The third-order valence-electron chi connectivity index (χ3n) is 4.26. The highest BCUT2D eigenvalue weighted by Gasteiger charge is 2.23. The van der Waals surface area contributed by atoms with Crippen molar-refractivity contribution in [3.63, 3.8) is 0 Å². The topological polar surface area (TPSA) is 22.4 Å². The molecule has 1 aromatic heterocycles. The number of benzene rings is 1. The van der Waals surface area contributed by atoms with Crippen LogP contribution in [-0.4, -0.2) is 7.11 Å². The van der Waals surface area contributed by atoms with Gasteiger partial charge < -0.3 is 9.15 Å². The SMILES string of the molecule is COc1c(C2CCCCCCC2)oc2ccccc12. The minimum absolute atomic E-state index is 0.530. The van der Waals surface area contributed by atoms with Crippen molar-refractivity contribution in [2.75, 3.05) is 7.11 Å². The summed E-state index contributed by atoms with van der Waals surface area (Å²) in [6, 6.07) is 8.18. The van der Waals surface area contributed by atoms with Crippen LogP contribution in [0.4, 0.5) is 0 Å². The van der Waals surface area contributed by atoms with Crippen molar-refractivity contribution in [2.24, 2.45) is 0 Å². The zero-order chi connectivity index (χ0) is 13.1. The standard InChI is InChI=1S/C17H22O2/c1-18-17-14-11-7-8-12-15(14)19-16(17)13-9-5-3-2-4-6-10-13/h7-8,11-13H,2-6,9-10H2,1H3. The van der Waals surface area contributed by atoms with Gasteiger partial charge in [-0.3, -0.25) is 0 Å². The van der Waals surface area contributed by atoms with E-state index in [-0.39, 0.29) is 0 Å². The molecule has 0 spiro atoms. The van der Waals surface area contributed by atoms with E-state index >= 15 is 0 Å². The second-order valence-corrected chi connectivity index (χ2v) is 5.54. The van der Waals surface area contributed by atoms with Crippen LogP contribution in [0.1, 0.15) is 56.6 Å². The predicted octanol–water partition coefficient (Wildman–Crippen LogP) is 5.27. The van der Waals surface area contributed by atoms with Crippen LogP contribution in [0.15, 0.2) is 28.7 Å². The van der Waals surface area contributed by atoms with Crippen LogP contribution in [0.3, 0.4) is 0 Å². The number of methoxy groups -OCH3 is 1. The first-order valence-electron chi connectivity index (χ1n) is 7.45. The number of para-hydroxylation sites is 1. The Morgan fingerprint density at radius 3 is 2.42 bits per heavy atom. The number of hydrogen-bond acceptors (Lipinski definition) is 2. The van der Waals surface area contributed by atoms with Gasteiger partial charge in [-0.05, 0) is 25.0 Å². The molecule has 0 saturated heterocycles. The van der Waals surface area contributed by atoms with E-state index in [9.17, 15) is 0 Å². The molecule has 0 bridgehead atoms. The van der Waals surface area contributed by atoms with E-state index in [4.69, 9.17) is 9.15 Å². The van der Waals surface area contributed by atoms with Gasteiger partial charge in [0, 0.05) is 5.92 Å². The van der Waals surface area contributed by atoms with E-state index in [1.165, 1.54) is 44.9 Å². The van der Waals surface area contributed by atoms with Gasteiger partial charge in [-0.2, -0.15) is 0 Å². The molecular weight excluding hydrogens is 236 g/mol. The van der Waals surface area contributed by atoms with Gasteiger partial charge in [0.05, 0.1) is 12.5 Å². The zero-order valence-electron chi connectivity index (χ0n) is 11.7. The summed E-state index contributed by atoms with van der Waals surface area (Å²) in [5, 5.41) is 1.11. The maximum Gasteiger partial charge on any atom is 0.168 e. The van der Waals surface area contributed by atoms with E-state index in [1.54, 1.807) is 7.11 Å². The molecule has 1 heterocycles. The molecule has 2 heteroatoms. The second kappa shape index (κ2) is 5.68. The number of rotatable bonds is 2. The molecule has 0 N–H and O–H groups in total. The van der Waals surface area contributed by atoms with Crippen molar-refractivity contribution in [2.45, 2.75) is 50.9 Å². The van der Waals surface area contributed by atoms with Crippen molar-refractivity contribution in [3.05, 3.63) is 30.0 Å². The lowest BCUT2D eigenvalue weighted by molar-refractivity contribution is 0.356. The highest BCUT2D eigenvalue weighted by molar-refractivity contribution is 5.85. The van der Waals surface area contributed by atoms with Crippen LogP contribution in [-0.2, 0) is 0 Å². The molecule has 19 heavy (non-hydrogen) atoms. The van der Waals surface area contributed by atoms with Crippen molar-refractivity contribution < 1.29 is 9.15 Å². The van der Waals surface area contributed by atoms with E-state index in [0.717, 1.165) is 22.5 Å². The van der Waals surface area contributed by atoms with Crippen LogP contribution >= 0.6 is 0 Å². The molecule has 1 aliphatic carbocycles. The summed E-state index contributed by atoms with van der Waals surface area (Å²) in [7, 11) is 1.75. The molecule has 1 fully saturated rings. The minimum Gasteiger partial charge on any atom is -0.492 e. The smallest absolute Gasteiger partial charge is 0.168 e. The van der Waals surface area contributed by atoms with Gasteiger partial charge in [0.15, 0.2) is 5.75 Å². The first-order chi connectivity index (χ1) is 9.40. The van der Waals surface area contributed by atoms with E-state index in [1.807, 2.05) is 18.2 Å². The Hall–Kier alpha value is -1.44. The fourth-order valence-electron chi connectivity index (χ4n) is 3.24. The van der Waals surface area contributed by atoms with Crippen molar-refractivity contribution in [1.29, 1.82) is 0 Å². The fourth-order valence-corrected chi connectivity index (χ4v) is 3.24. The summed E-state index contributed by atoms with van der Waals surface area (Å²) in [5.41, 5.74) is 0.955. The molecule has 0 radical (unpaired) electrons. The van der Waals surface area contributed by atoms with E-state index < -0.39 is 0 Å². The van der Waals surface area contributed by atoms with Gasteiger partial charge in [0.1, 0.15) is 11.3 Å². The number of hydrogen-bond donors (Lipinski definition) is 0. The van der Waals surface area contributed by atoms with E-state index in [2.05, 4.69) is 6.07 Å². The van der Waals surface area contributed by atoms with Gasteiger partial charge in [0.2, 0.25) is 0 Å². The Kier molecular flexibility index (Phi) is 3.77. The number of furan rings is 1. The molecule has 2 aromatic rings. The van der Waals surface area contributed by atoms with Crippen molar-refractivity contribution in [1.82, 2.24) is 0 Å². The Morgan fingerprint density at radius 1 is 1.00 bits per heavy atom. The first-order valence-corrected chi connectivity index (χ1v) is 7.45. The number of ether oxygens (including phenoxy) is 1. The summed E-state index contributed by atoms with van der Waals surface area (Å²) in [6.45, 7) is 0. The average Bonchev–Trinajstić information content (AvgIpc) is 2.76. The van der Waals surface area contributed by atoms with Crippen molar-refractivity contribution in [3.8, 4) is 5.75 Å². The third-order valence-corrected chi connectivity index (χ3v) is 4.26. The summed E-state index contributed by atoms with van der Waals surface area (Å²) in [5.74, 6) is 2.56. The second-order valence-electron chi connectivity index (χ2n) is 5.54. The van der Waals surface area contributed by atoms with Gasteiger partial charge >= 0.3 is 0 Å². The molecule has 3 rings (SSSR count). The summed E-state index contributed by atoms with van der Waals surface area (Å²) >= 11 is 0. The molecule has 0 atom stereocenters. The molecule has 0 unspecified atom stereocenters. The minimum atomic E-state index is 0.530. The Morgan fingerprint density at radius 2 is 1.68 bits per heavy atom. The van der Waals surface area contributed by atoms with Gasteiger partial charge in [-0.15, -0.1) is 0 Å². The fraction of sp³-hybridized carbons (Fsp3) is 0.529. The van der Waals surface area contributed by atoms with Crippen LogP contribution in [0.5, 0.6) is 5.75 Å². The van der Waals surface area contributed by atoms with Crippen LogP contribution in [0, 0.1) is 0 Å². The first kappa shape index (κ1) is 12.6. The molecular formula is C17H22O2. The summed E-state index contributed by atoms with van der Waals surface area (Å²) in [4.78, 5) is 0. The molecule has 1 aromatic carbocycles. The van der Waals surface area contributed by atoms with Crippen LogP contribution in [0.2, 0.25) is 0 Å². The Bertz CT molecular complexity index is 533.